The number of rotatable bonds is 6. The van der Waals surface area contributed by atoms with Crippen molar-refractivity contribution < 1.29 is 23.8 Å². The van der Waals surface area contributed by atoms with Crippen molar-refractivity contribution >= 4 is 28.5 Å². The van der Waals surface area contributed by atoms with E-state index in [1.807, 2.05) is 37.3 Å². The van der Waals surface area contributed by atoms with Crippen LogP contribution in [0, 0.1) is 6.92 Å². The van der Waals surface area contributed by atoms with Gasteiger partial charge in [-0.05, 0) is 36.8 Å². The smallest absolute Gasteiger partial charge is 0.356 e. The number of aryl methyl sites for hydroxylation is 1. The zero-order valence-corrected chi connectivity index (χ0v) is 19.3. The van der Waals surface area contributed by atoms with Gasteiger partial charge in [-0.25, -0.2) is 4.79 Å². The molecule has 3 heterocycles. The van der Waals surface area contributed by atoms with Gasteiger partial charge >= 0.3 is 5.97 Å². The van der Waals surface area contributed by atoms with Gasteiger partial charge in [-0.2, -0.15) is 0 Å². The lowest BCUT2D eigenvalue weighted by molar-refractivity contribution is -0.117. The predicted octanol–water partition coefficient (Wildman–Crippen LogP) is 2.75. The van der Waals surface area contributed by atoms with Crippen molar-refractivity contribution in [3.63, 3.8) is 0 Å². The van der Waals surface area contributed by atoms with Gasteiger partial charge in [0.1, 0.15) is 5.69 Å². The van der Waals surface area contributed by atoms with E-state index in [1.54, 1.807) is 0 Å². The molecule has 0 radical (unpaired) electrons. The Hall–Kier alpha value is -3.56. The van der Waals surface area contributed by atoms with Gasteiger partial charge in [-0.1, -0.05) is 17.7 Å². The number of methoxy groups -OCH3 is 1. The summed E-state index contributed by atoms with van der Waals surface area (Å²) in [6, 6.07) is 11.8. The highest BCUT2D eigenvalue weighted by Gasteiger charge is 2.23. The van der Waals surface area contributed by atoms with Gasteiger partial charge in [-0.15, -0.1) is 0 Å². The Morgan fingerprint density at radius 3 is 2.59 bits per heavy atom. The largest absolute Gasteiger partial charge is 0.464 e. The summed E-state index contributed by atoms with van der Waals surface area (Å²) in [6.45, 7) is 6.63. The number of aromatic amines is 1. The van der Waals surface area contributed by atoms with Crippen molar-refractivity contribution in [3.8, 4) is 11.5 Å². The standard InChI is InChI=1S/C25H28N4O5/c1-16-3-5-19-18(11-16)23(24(26-19)25(31)32-2)27-22(30)14-29-9-7-28(8-10-29)13-17-4-6-20-21(12-17)34-15-33-20/h3-6,11-12,26H,7-10,13-15H2,1-2H3,(H,27,30). The van der Waals surface area contributed by atoms with Crippen molar-refractivity contribution in [3.05, 3.63) is 53.2 Å². The number of nitrogens with zero attached hydrogens (tertiary/aromatic N) is 2. The molecule has 0 aliphatic carbocycles. The molecule has 178 valence electrons. The first kappa shape index (κ1) is 22.2. The van der Waals surface area contributed by atoms with Gasteiger partial charge in [0, 0.05) is 43.6 Å². The highest BCUT2D eigenvalue weighted by Crippen LogP contribution is 2.33. The Morgan fingerprint density at radius 2 is 1.79 bits per heavy atom. The lowest BCUT2D eigenvalue weighted by Crippen LogP contribution is -2.48. The van der Waals surface area contributed by atoms with Crippen LogP contribution in [0.1, 0.15) is 21.6 Å². The van der Waals surface area contributed by atoms with Gasteiger partial charge in [-0.3, -0.25) is 14.6 Å². The molecule has 1 amide bonds. The lowest BCUT2D eigenvalue weighted by Gasteiger charge is -2.34. The molecule has 5 rings (SSSR count). The molecule has 34 heavy (non-hydrogen) atoms. The molecule has 2 aromatic carbocycles. The third-order valence-corrected chi connectivity index (χ3v) is 6.28. The molecule has 0 bridgehead atoms. The van der Waals surface area contributed by atoms with Gasteiger partial charge in [0.05, 0.1) is 19.3 Å². The number of ether oxygens (including phenoxy) is 3. The molecule has 3 aromatic rings. The molecule has 9 heteroatoms. The Bertz CT molecular complexity index is 1230. The molecule has 2 aliphatic rings. The molecular formula is C25H28N4O5. The number of benzene rings is 2. The van der Waals surface area contributed by atoms with E-state index in [9.17, 15) is 9.59 Å². The van der Waals surface area contributed by atoms with Crippen LogP contribution in [0.4, 0.5) is 5.69 Å². The summed E-state index contributed by atoms with van der Waals surface area (Å²) in [4.78, 5) is 32.7. The van der Waals surface area contributed by atoms with Crippen LogP contribution < -0.4 is 14.8 Å². The minimum Gasteiger partial charge on any atom is -0.464 e. The predicted molar refractivity (Wildman–Crippen MR) is 127 cm³/mol. The highest BCUT2D eigenvalue weighted by molar-refractivity contribution is 6.11. The summed E-state index contributed by atoms with van der Waals surface area (Å²) in [5, 5.41) is 3.74. The van der Waals surface area contributed by atoms with E-state index < -0.39 is 5.97 Å². The zero-order valence-electron chi connectivity index (χ0n) is 19.3. The molecule has 9 nitrogen and oxygen atoms in total. The van der Waals surface area contributed by atoms with Crippen LogP contribution >= 0.6 is 0 Å². The maximum absolute atomic E-state index is 12.9. The van der Waals surface area contributed by atoms with E-state index in [0.29, 0.717) is 5.69 Å². The molecule has 0 spiro atoms. The van der Waals surface area contributed by atoms with E-state index in [-0.39, 0.29) is 24.9 Å². The number of piperazine rings is 1. The summed E-state index contributed by atoms with van der Waals surface area (Å²) in [6.07, 6.45) is 0. The molecule has 1 fully saturated rings. The number of aromatic nitrogens is 1. The summed E-state index contributed by atoms with van der Waals surface area (Å²) in [5.41, 5.74) is 3.72. The summed E-state index contributed by atoms with van der Waals surface area (Å²) in [5.74, 6) is 0.921. The fourth-order valence-corrected chi connectivity index (χ4v) is 4.48. The van der Waals surface area contributed by atoms with Crippen LogP contribution in [0.3, 0.4) is 0 Å². The molecule has 1 saturated heterocycles. The average molecular weight is 465 g/mol. The van der Waals surface area contributed by atoms with E-state index in [4.69, 9.17) is 14.2 Å². The first-order valence-corrected chi connectivity index (χ1v) is 11.3. The average Bonchev–Trinajstić information content (AvgIpc) is 3.44. The fourth-order valence-electron chi connectivity index (χ4n) is 4.48. The molecule has 0 saturated carbocycles. The van der Waals surface area contributed by atoms with Gasteiger partial charge < -0.3 is 24.5 Å². The number of carbonyl (C=O) groups is 2. The van der Waals surface area contributed by atoms with E-state index in [2.05, 4.69) is 26.2 Å². The third kappa shape index (κ3) is 4.57. The van der Waals surface area contributed by atoms with Crippen molar-refractivity contribution in [1.82, 2.24) is 14.8 Å². The summed E-state index contributed by atoms with van der Waals surface area (Å²) >= 11 is 0. The maximum atomic E-state index is 12.9. The number of fused-ring (bicyclic) bond motifs is 2. The Kier molecular flexibility index (Phi) is 6.12. The van der Waals surface area contributed by atoms with Crippen molar-refractivity contribution in [2.45, 2.75) is 13.5 Å². The fraction of sp³-hybridized carbons (Fsp3) is 0.360. The number of esters is 1. The third-order valence-electron chi connectivity index (χ3n) is 6.28. The zero-order chi connectivity index (χ0) is 23.7. The van der Waals surface area contributed by atoms with Crippen molar-refractivity contribution in [1.29, 1.82) is 0 Å². The van der Waals surface area contributed by atoms with Crippen LogP contribution in [-0.2, 0) is 16.1 Å². The number of carbonyl (C=O) groups excluding carboxylic acids is 2. The Labute approximate surface area is 197 Å². The van der Waals surface area contributed by atoms with E-state index in [0.717, 1.165) is 60.7 Å². The second-order valence-electron chi connectivity index (χ2n) is 8.70. The SMILES string of the molecule is COC(=O)c1[nH]c2ccc(C)cc2c1NC(=O)CN1CCN(Cc2ccc3c(c2)OCO3)CC1. The molecule has 0 atom stereocenters. The van der Waals surface area contributed by atoms with Gasteiger partial charge in [0.15, 0.2) is 11.5 Å². The number of nitrogens with one attached hydrogen (secondary N) is 2. The Morgan fingerprint density at radius 1 is 1.03 bits per heavy atom. The number of hydrogen-bond acceptors (Lipinski definition) is 7. The minimum absolute atomic E-state index is 0.156. The second kappa shape index (κ2) is 9.36. The quantitative estimate of drug-likeness (QED) is 0.542. The van der Waals surface area contributed by atoms with E-state index >= 15 is 0 Å². The maximum Gasteiger partial charge on any atom is 0.356 e. The number of H-pyrrole nitrogens is 1. The van der Waals surface area contributed by atoms with Gasteiger partial charge in [0.2, 0.25) is 12.7 Å². The minimum atomic E-state index is -0.513. The van der Waals surface area contributed by atoms with Crippen LogP contribution in [0.2, 0.25) is 0 Å². The first-order chi connectivity index (χ1) is 16.5. The number of amides is 1. The summed E-state index contributed by atoms with van der Waals surface area (Å²) < 4.78 is 15.8. The topological polar surface area (TPSA) is 96.1 Å². The lowest BCUT2D eigenvalue weighted by atomic mass is 10.1. The van der Waals surface area contributed by atoms with Crippen molar-refractivity contribution in [2.75, 3.05) is 51.9 Å². The van der Waals surface area contributed by atoms with Crippen LogP contribution in [0.15, 0.2) is 36.4 Å². The van der Waals surface area contributed by atoms with Crippen LogP contribution in [-0.4, -0.2) is 73.3 Å². The number of anilines is 1. The van der Waals surface area contributed by atoms with Gasteiger partial charge in [0.25, 0.3) is 0 Å². The van der Waals surface area contributed by atoms with Crippen molar-refractivity contribution in [2.24, 2.45) is 0 Å². The molecule has 2 N–H and O–H groups in total. The first-order valence-electron chi connectivity index (χ1n) is 11.3. The molecule has 0 unspecified atom stereocenters. The number of hydrogen-bond donors (Lipinski definition) is 2. The normalized spacial score (nSPS) is 16.1. The second-order valence-corrected chi connectivity index (χ2v) is 8.70. The van der Waals surface area contributed by atoms with Crippen LogP contribution in [0.5, 0.6) is 11.5 Å². The van der Waals surface area contributed by atoms with E-state index in [1.165, 1.54) is 12.7 Å². The molecule has 1 aromatic heterocycles. The summed E-state index contributed by atoms with van der Waals surface area (Å²) in [7, 11) is 1.33. The van der Waals surface area contributed by atoms with Crippen LogP contribution in [0.25, 0.3) is 10.9 Å². The monoisotopic (exact) mass is 464 g/mol. The Balaban J connectivity index is 1.19. The molecule has 2 aliphatic heterocycles. The highest BCUT2D eigenvalue weighted by atomic mass is 16.7. The molecular weight excluding hydrogens is 436 g/mol.